The van der Waals surface area contributed by atoms with Crippen molar-refractivity contribution >= 4 is 35.0 Å². The monoisotopic (exact) mass is 1000 g/mol. The average Bonchev–Trinajstić information content (AvgIpc) is 3.70. The van der Waals surface area contributed by atoms with E-state index in [0.29, 0.717) is 81.1 Å². The Morgan fingerprint density at radius 3 is 2.41 bits per heavy atom. The first-order valence-electron chi connectivity index (χ1n) is 25.9. The molecule has 1 spiro atoms. The molecular weight excluding hydrogens is 933 g/mol. The number of amides is 1. The number of allylic oxidation sites excluding steroid dienone is 4. The molecule has 0 aromatic heterocycles. The molecule has 4 bridgehead atoms. The summed E-state index contributed by atoms with van der Waals surface area (Å²) in [7, 11) is 0. The SMILES string of the molecule is CC(C)=CCCC1(C)C=Cc2c(c(CC=C(C)C)c3c(c2O[C@@H]2O[C@@H]4COC(C)(C)O[C@H]4[C@H](O)[C@H]2O)C2=C4C(C5CC6C(C)(C)OC(CC=C(C)C(=O)NCCO)(C5=O)C46O3)C3C(=O)c4ccccc4C3=N2)O1. The number of benzene rings is 2. The van der Waals surface area contributed by atoms with Crippen molar-refractivity contribution in [3.63, 3.8) is 0 Å². The Balaban J connectivity index is 1.20. The number of nitrogens with zero attached hydrogens (tertiary/aromatic N) is 1. The molecule has 388 valence electrons. The second kappa shape index (κ2) is 17.4. The largest absolute Gasteiger partial charge is 0.482 e. The zero-order valence-electron chi connectivity index (χ0n) is 43.4. The minimum atomic E-state index is -1.71. The molecule has 12 atom stereocenters. The minimum absolute atomic E-state index is 0.0440. The number of ether oxygens (including phenoxy) is 7. The van der Waals surface area contributed by atoms with Crippen LogP contribution in [0.15, 0.2) is 75.9 Å². The van der Waals surface area contributed by atoms with Crippen LogP contribution in [-0.2, 0) is 35.0 Å². The van der Waals surface area contributed by atoms with Gasteiger partial charge < -0.3 is 53.8 Å². The van der Waals surface area contributed by atoms with Crippen LogP contribution in [0.2, 0.25) is 0 Å². The first-order valence-corrected chi connectivity index (χ1v) is 25.9. The van der Waals surface area contributed by atoms with Crippen LogP contribution in [-0.4, -0.2) is 117 Å². The molecule has 10 aliphatic rings. The van der Waals surface area contributed by atoms with E-state index in [4.69, 9.17) is 38.2 Å². The Bertz CT molecular complexity index is 2910. The van der Waals surface area contributed by atoms with E-state index in [-0.39, 0.29) is 43.5 Å². The van der Waals surface area contributed by atoms with Crippen molar-refractivity contribution in [1.82, 2.24) is 5.32 Å². The summed E-state index contributed by atoms with van der Waals surface area (Å²) in [5.41, 5.74) is 2.00. The van der Waals surface area contributed by atoms with Gasteiger partial charge in [-0.1, -0.05) is 53.6 Å². The fraction of sp³-hybridized carbons (Fsp3) is 0.552. The van der Waals surface area contributed by atoms with Gasteiger partial charge >= 0.3 is 0 Å². The van der Waals surface area contributed by atoms with E-state index >= 15 is 9.59 Å². The highest BCUT2D eigenvalue weighted by atomic mass is 16.8. The molecule has 4 aliphatic carbocycles. The number of hydrogen-bond acceptors (Lipinski definition) is 14. The number of nitrogens with one attached hydrogen (secondary N) is 1. The van der Waals surface area contributed by atoms with Gasteiger partial charge in [-0.25, -0.2) is 0 Å². The van der Waals surface area contributed by atoms with Gasteiger partial charge in [0.05, 0.1) is 47.3 Å². The van der Waals surface area contributed by atoms with Crippen molar-refractivity contribution < 1.29 is 62.9 Å². The van der Waals surface area contributed by atoms with Crippen LogP contribution in [0.4, 0.5) is 0 Å². The lowest BCUT2D eigenvalue weighted by molar-refractivity contribution is -0.373. The topological polar surface area (TPSA) is 201 Å². The highest BCUT2D eigenvalue weighted by Crippen LogP contribution is 2.75. The number of aliphatic hydroxyl groups excluding tert-OH is 3. The number of carbonyl (C=O) groups is 3. The first-order chi connectivity index (χ1) is 34.6. The van der Waals surface area contributed by atoms with Crippen LogP contribution >= 0.6 is 0 Å². The summed E-state index contributed by atoms with van der Waals surface area (Å²) in [6.07, 6.45) is 5.78. The van der Waals surface area contributed by atoms with Crippen molar-refractivity contribution in [2.24, 2.45) is 28.7 Å². The number of aliphatic imine (C=N–C) groups is 1. The summed E-state index contributed by atoms with van der Waals surface area (Å²) >= 11 is 0. The smallest absolute Gasteiger partial charge is 0.246 e. The number of rotatable bonds is 12. The maximum atomic E-state index is 16.1. The molecule has 6 heterocycles. The molecule has 2 aromatic rings. The zero-order chi connectivity index (χ0) is 51.9. The molecule has 15 heteroatoms. The Hall–Kier alpha value is -5.26. The van der Waals surface area contributed by atoms with Crippen molar-refractivity contribution in [2.75, 3.05) is 19.8 Å². The maximum Gasteiger partial charge on any atom is 0.246 e. The molecular formula is C58H68N2O13. The summed E-state index contributed by atoms with van der Waals surface area (Å²) in [5, 5.41) is 36.1. The van der Waals surface area contributed by atoms with Crippen LogP contribution < -0.4 is 19.5 Å². The number of ketones is 2. The number of fused-ring (bicyclic) bond motifs is 7. The normalized spacial score (nSPS) is 35.3. The summed E-state index contributed by atoms with van der Waals surface area (Å²) in [6.45, 7) is 19.2. The molecule has 6 fully saturated rings. The fourth-order valence-electron chi connectivity index (χ4n) is 13.5. The molecule has 3 saturated heterocycles. The molecule has 6 aliphatic heterocycles. The van der Waals surface area contributed by atoms with E-state index in [1.54, 1.807) is 26.8 Å². The molecule has 15 nitrogen and oxygen atoms in total. The van der Waals surface area contributed by atoms with Gasteiger partial charge in [-0.05, 0) is 107 Å². The Morgan fingerprint density at radius 2 is 1.68 bits per heavy atom. The quantitative estimate of drug-likeness (QED) is 0.124. The third kappa shape index (κ3) is 7.45. The summed E-state index contributed by atoms with van der Waals surface area (Å²) in [5.74, 6) is -3.41. The molecule has 7 unspecified atom stereocenters. The second-order valence-corrected chi connectivity index (χ2v) is 23.1. The van der Waals surface area contributed by atoms with Gasteiger partial charge in [0.1, 0.15) is 47.3 Å². The van der Waals surface area contributed by atoms with E-state index < -0.39 is 88.5 Å². The number of hydrogen-bond donors (Lipinski definition) is 4. The molecule has 3 saturated carbocycles. The standard InChI is InChI=1S/C58H68N2O13/c1-28(2)14-13-21-56(10)22-20-34-47(71-56)33(18-17-29(3)4)49-40(48(34)69-53-46(64)45(63)50-36(68-53)27-67-55(8,9)70-50)43-41-38(39-42(60-43)31-15-11-12-16-32(31)44(39)62)35-26-37-54(6,7)73-57(51(35)65,58(37,41)72-49)23-19-30(5)52(66)59-24-25-61/h11-12,14-17,19-20,22,35-39,45-46,50,53,61,63-64H,13,18,21,23-27H2,1-10H3,(H,59,66)/t35?,36-,37?,38?,39?,45-,46-,50-,53+,56?,57?,58?/m1/s1. The Kier molecular flexibility index (Phi) is 11.9. The minimum Gasteiger partial charge on any atom is -0.482 e. The molecule has 0 radical (unpaired) electrons. The summed E-state index contributed by atoms with van der Waals surface area (Å²) < 4.78 is 48.4. The van der Waals surface area contributed by atoms with Crippen LogP contribution in [0.5, 0.6) is 17.2 Å². The van der Waals surface area contributed by atoms with E-state index in [2.05, 4.69) is 31.3 Å². The summed E-state index contributed by atoms with van der Waals surface area (Å²) in [4.78, 5) is 50.1. The number of carbonyl (C=O) groups excluding carboxylic acids is 3. The van der Waals surface area contributed by atoms with Gasteiger partial charge in [0, 0.05) is 58.6 Å². The van der Waals surface area contributed by atoms with Crippen LogP contribution in [0, 0.1) is 23.7 Å². The van der Waals surface area contributed by atoms with E-state index in [1.807, 2.05) is 71.0 Å². The maximum absolute atomic E-state index is 16.1. The lowest BCUT2D eigenvalue weighted by Gasteiger charge is -2.62. The first kappa shape index (κ1) is 49.9. The van der Waals surface area contributed by atoms with Crippen molar-refractivity contribution in [1.29, 1.82) is 0 Å². The van der Waals surface area contributed by atoms with Gasteiger partial charge in [0.15, 0.2) is 28.6 Å². The molecule has 1 amide bonds. The highest BCUT2D eigenvalue weighted by Gasteiger charge is 2.84. The van der Waals surface area contributed by atoms with E-state index in [1.165, 1.54) is 5.57 Å². The van der Waals surface area contributed by atoms with Crippen molar-refractivity contribution in [3.05, 3.63) is 98.7 Å². The third-order valence-electron chi connectivity index (χ3n) is 16.8. The molecule has 12 rings (SSSR count). The predicted octanol–water partition coefficient (Wildman–Crippen LogP) is 7.07. The Labute approximate surface area is 426 Å². The lowest BCUT2D eigenvalue weighted by atomic mass is 9.43. The predicted molar refractivity (Wildman–Crippen MR) is 270 cm³/mol. The third-order valence-corrected chi connectivity index (χ3v) is 16.8. The van der Waals surface area contributed by atoms with Crippen molar-refractivity contribution in [2.45, 2.75) is 160 Å². The number of Topliss-reactive ketones (excluding diaryl/α,β-unsaturated/α-hetero) is 2. The van der Waals surface area contributed by atoms with Gasteiger partial charge in [0.25, 0.3) is 0 Å². The second-order valence-electron chi connectivity index (χ2n) is 23.1. The summed E-state index contributed by atoms with van der Waals surface area (Å²) in [6, 6.07) is 7.43. The van der Waals surface area contributed by atoms with Crippen LogP contribution in [0.1, 0.15) is 128 Å². The van der Waals surface area contributed by atoms with Gasteiger partial charge in [-0.2, -0.15) is 0 Å². The van der Waals surface area contributed by atoms with Gasteiger partial charge in [-0.3, -0.25) is 19.4 Å². The highest BCUT2D eigenvalue weighted by molar-refractivity contribution is 6.31. The molecule has 73 heavy (non-hydrogen) atoms. The van der Waals surface area contributed by atoms with Crippen molar-refractivity contribution in [3.8, 4) is 17.2 Å². The van der Waals surface area contributed by atoms with Crippen LogP contribution in [0.3, 0.4) is 0 Å². The van der Waals surface area contributed by atoms with Gasteiger partial charge in [0.2, 0.25) is 12.2 Å². The van der Waals surface area contributed by atoms with Gasteiger partial charge in [-0.15, -0.1) is 0 Å². The zero-order valence-corrected chi connectivity index (χ0v) is 43.4. The lowest BCUT2D eigenvalue weighted by Crippen LogP contribution is -2.75. The van der Waals surface area contributed by atoms with E-state index in [9.17, 15) is 20.1 Å². The Morgan fingerprint density at radius 1 is 0.945 bits per heavy atom. The van der Waals surface area contributed by atoms with Crippen LogP contribution in [0.25, 0.3) is 11.8 Å². The van der Waals surface area contributed by atoms with E-state index in [0.717, 1.165) is 12.0 Å². The fourth-order valence-corrected chi connectivity index (χ4v) is 13.5. The molecule has 4 N–H and O–H groups in total. The molecule has 2 aromatic carbocycles. The number of aliphatic hydroxyl groups is 3. The average molecular weight is 1000 g/mol.